The predicted molar refractivity (Wildman–Crippen MR) is 66.1 cm³/mol. The maximum Gasteiger partial charge on any atom is 0.195 e. The molecule has 0 aromatic rings. The smallest absolute Gasteiger partial charge is 0.195 e. The quantitative estimate of drug-likeness (QED) is 0.774. The Morgan fingerprint density at radius 2 is 2.00 bits per heavy atom. The van der Waals surface area contributed by atoms with Crippen molar-refractivity contribution in [1.29, 1.82) is 0 Å². The van der Waals surface area contributed by atoms with Crippen LogP contribution in [0.15, 0.2) is 0 Å². The Kier molecular flexibility index (Phi) is 3.89. The molecule has 1 aliphatic carbocycles. The Balaban J connectivity index is 1.50. The van der Waals surface area contributed by atoms with E-state index < -0.39 is 5.79 Å². The van der Waals surface area contributed by atoms with Crippen molar-refractivity contribution >= 4 is 0 Å². The van der Waals surface area contributed by atoms with Gasteiger partial charge in [-0.3, -0.25) is 0 Å². The lowest BCUT2D eigenvalue weighted by atomic mass is 9.90. The molecule has 3 atom stereocenters. The molecule has 4 heteroatoms. The van der Waals surface area contributed by atoms with Crippen molar-refractivity contribution in [3.8, 4) is 0 Å². The van der Waals surface area contributed by atoms with E-state index in [0.717, 1.165) is 25.4 Å². The van der Waals surface area contributed by atoms with Gasteiger partial charge in [-0.05, 0) is 25.2 Å². The van der Waals surface area contributed by atoms with E-state index in [1.807, 2.05) is 0 Å². The summed E-state index contributed by atoms with van der Waals surface area (Å²) in [7, 11) is 1.71. The second-order valence-corrected chi connectivity index (χ2v) is 5.84. The number of methoxy groups -OCH3 is 1. The highest BCUT2D eigenvalue weighted by Gasteiger charge is 2.50. The number of hydrogen-bond donors (Lipinski definition) is 0. The summed E-state index contributed by atoms with van der Waals surface area (Å²) in [4.78, 5) is 0. The summed E-state index contributed by atoms with van der Waals surface area (Å²) >= 11 is 0. The number of ether oxygens (including phenoxy) is 4. The normalized spacial score (nSPS) is 41.2. The molecule has 4 nitrogen and oxygen atoms in total. The van der Waals surface area contributed by atoms with Crippen LogP contribution in [0.2, 0.25) is 0 Å². The van der Waals surface area contributed by atoms with Crippen LogP contribution in [0.5, 0.6) is 0 Å². The molecular weight excluding hydrogens is 232 g/mol. The lowest BCUT2D eigenvalue weighted by Gasteiger charge is -2.35. The number of hydrogen-bond acceptors (Lipinski definition) is 4. The topological polar surface area (TPSA) is 36.9 Å². The van der Waals surface area contributed by atoms with Crippen LogP contribution in [0.25, 0.3) is 0 Å². The summed E-state index contributed by atoms with van der Waals surface area (Å²) in [5.41, 5.74) is 0. The van der Waals surface area contributed by atoms with Crippen LogP contribution < -0.4 is 0 Å². The molecule has 104 valence electrons. The van der Waals surface area contributed by atoms with Crippen LogP contribution in [0.4, 0.5) is 0 Å². The fourth-order valence-electron chi connectivity index (χ4n) is 3.30. The molecule has 0 spiro atoms. The summed E-state index contributed by atoms with van der Waals surface area (Å²) in [5.74, 6) is 0.243. The molecule has 1 saturated carbocycles. The van der Waals surface area contributed by atoms with Crippen LogP contribution in [0.3, 0.4) is 0 Å². The third-order valence-corrected chi connectivity index (χ3v) is 4.52. The van der Waals surface area contributed by atoms with Crippen LogP contribution in [0, 0.1) is 5.92 Å². The molecule has 0 aromatic carbocycles. The highest BCUT2D eigenvalue weighted by atomic mass is 16.8. The zero-order valence-corrected chi connectivity index (χ0v) is 11.2. The van der Waals surface area contributed by atoms with Gasteiger partial charge >= 0.3 is 0 Å². The monoisotopic (exact) mass is 256 g/mol. The van der Waals surface area contributed by atoms with Gasteiger partial charge in [0, 0.05) is 13.5 Å². The van der Waals surface area contributed by atoms with Crippen molar-refractivity contribution in [3.05, 3.63) is 0 Å². The van der Waals surface area contributed by atoms with E-state index >= 15 is 0 Å². The van der Waals surface area contributed by atoms with E-state index in [-0.39, 0.29) is 12.4 Å². The fraction of sp³-hybridized carbons (Fsp3) is 1.00. The van der Waals surface area contributed by atoms with Gasteiger partial charge in [0.05, 0.1) is 6.61 Å². The fourth-order valence-corrected chi connectivity index (χ4v) is 3.30. The molecule has 0 N–H and O–H groups in total. The van der Waals surface area contributed by atoms with Crippen LogP contribution in [0.1, 0.15) is 44.9 Å². The molecule has 2 aliphatic heterocycles. The molecule has 0 radical (unpaired) electrons. The molecule has 2 saturated heterocycles. The highest BCUT2D eigenvalue weighted by Crippen LogP contribution is 2.39. The van der Waals surface area contributed by atoms with Gasteiger partial charge in [0.25, 0.3) is 0 Å². The molecule has 2 bridgehead atoms. The van der Waals surface area contributed by atoms with Gasteiger partial charge in [-0.2, -0.15) is 0 Å². The van der Waals surface area contributed by atoms with Crippen molar-refractivity contribution in [2.75, 3.05) is 20.3 Å². The van der Waals surface area contributed by atoms with Crippen LogP contribution in [-0.2, 0) is 18.9 Å². The first-order valence-corrected chi connectivity index (χ1v) is 7.27. The van der Waals surface area contributed by atoms with E-state index in [2.05, 4.69) is 0 Å². The molecule has 1 unspecified atom stereocenters. The summed E-state index contributed by atoms with van der Waals surface area (Å²) in [6.45, 7) is 1.39. The van der Waals surface area contributed by atoms with Crippen molar-refractivity contribution in [3.63, 3.8) is 0 Å². The predicted octanol–water partition coefficient (Wildman–Crippen LogP) is 2.46. The maximum absolute atomic E-state index is 6.09. The van der Waals surface area contributed by atoms with Gasteiger partial charge in [-0.1, -0.05) is 19.3 Å². The molecule has 18 heavy (non-hydrogen) atoms. The Labute approximate surface area is 109 Å². The van der Waals surface area contributed by atoms with E-state index in [1.165, 1.54) is 32.1 Å². The molecule has 3 rings (SSSR count). The van der Waals surface area contributed by atoms with E-state index in [4.69, 9.17) is 18.9 Å². The minimum absolute atomic E-state index is 0.0684. The maximum atomic E-state index is 6.09. The Hall–Kier alpha value is -0.160. The number of rotatable bonds is 4. The first-order chi connectivity index (χ1) is 8.81. The van der Waals surface area contributed by atoms with E-state index in [0.29, 0.717) is 6.61 Å². The third kappa shape index (κ3) is 2.57. The Morgan fingerprint density at radius 1 is 1.17 bits per heavy atom. The Morgan fingerprint density at radius 3 is 2.78 bits per heavy atom. The van der Waals surface area contributed by atoms with Gasteiger partial charge < -0.3 is 18.9 Å². The summed E-state index contributed by atoms with van der Waals surface area (Å²) in [6, 6.07) is 0. The van der Waals surface area contributed by atoms with E-state index in [1.54, 1.807) is 7.11 Å². The number of fused-ring (bicyclic) bond motifs is 2. The van der Waals surface area contributed by atoms with Gasteiger partial charge in [0.15, 0.2) is 12.1 Å². The molecule has 2 heterocycles. The summed E-state index contributed by atoms with van der Waals surface area (Å²) in [6.07, 6.45) is 8.40. The van der Waals surface area contributed by atoms with Crippen molar-refractivity contribution in [2.45, 2.75) is 63.1 Å². The van der Waals surface area contributed by atoms with Crippen LogP contribution in [-0.4, -0.2) is 38.5 Å². The molecule has 0 aromatic heterocycles. The SMILES string of the molecule is CO[C@@H]1CC[C@]2(OCC3CCCCC3)COC1O2. The highest BCUT2D eigenvalue weighted by molar-refractivity contribution is 4.86. The zero-order valence-electron chi connectivity index (χ0n) is 11.2. The van der Waals surface area contributed by atoms with Gasteiger partial charge in [0.1, 0.15) is 12.7 Å². The average Bonchev–Trinajstić information content (AvgIpc) is 2.77. The van der Waals surface area contributed by atoms with Crippen molar-refractivity contribution in [2.24, 2.45) is 5.92 Å². The van der Waals surface area contributed by atoms with E-state index in [9.17, 15) is 0 Å². The summed E-state index contributed by atoms with van der Waals surface area (Å²) in [5, 5.41) is 0. The lowest BCUT2D eigenvalue weighted by Crippen LogP contribution is -2.44. The largest absolute Gasteiger partial charge is 0.376 e. The molecule has 3 aliphatic rings. The minimum atomic E-state index is -0.475. The standard InChI is InChI=1S/C14H24O4/c1-15-12-7-8-14(10-16-13(12)18-14)17-9-11-5-3-2-4-6-11/h11-13H,2-10H2,1H3/t12-,13?,14-/m1/s1. The second kappa shape index (κ2) is 5.45. The molecular formula is C14H24O4. The molecule has 0 amide bonds. The first kappa shape index (κ1) is 12.9. The molecule has 3 fully saturated rings. The second-order valence-electron chi connectivity index (χ2n) is 5.84. The van der Waals surface area contributed by atoms with Gasteiger partial charge in [-0.15, -0.1) is 0 Å². The lowest BCUT2D eigenvalue weighted by molar-refractivity contribution is -0.276. The van der Waals surface area contributed by atoms with Crippen LogP contribution >= 0.6 is 0 Å². The minimum Gasteiger partial charge on any atom is -0.376 e. The van der Waals surface area contributed by atoms with Gasteiger partial charge in [0.2, 0.25) is 0 Å². The average molecular weight is 256 g/mol. The third-order valence-electron chi connectivity index (χ3n) is 4.52. The van der Waals surface area contributed by atoms with Gasteiger partial charge in [-0.25, -0.2) is 0 Å². The zero-order chi connectivity index (χ0) is 12.4. The van der Waals surface area contributed by atoms with Crippen molar-refractivity contribution < 1.29 is 18.9 Å². The van der Waals surface area contributed by atoms with Crippen molar-refractivity contribution in [1.82, 2.24) is 0 Å². The Bertz CT molecular complexity index is 277. The first-order valence-electron chi connectivity index (χ1n) is 7.27. The summed E-state index contributed by atoms with van der Waals surface area (Å²) < 4.78 is 23.0.